The van der Waals surface area contributed by atoms with Crippen LogP contribution in [0.5, 0.6) is 0 Å². The third-order valence-electron chi connectivity index (χ3n) is 9.78. The smallest absolute Gasteiger partial charge is 0.315 e. The Hall–Kier alpha value is -4.40. The van der Waals surface area contributed by atoms with Crippen LogP contribution in [0.3, 0.4) is 0 Å². The Labute approximate surface area is 292 Å². The fourth-order valence-corrected chi connectivity index (χ4v) is 8.26. The molecule has 2 aromatic rings. The fourth-order valence-electron chi connectivity index (χ4n) is 6.90. The van der Waals surface area contributed by atoms with Gasteiger partial charge in [-0.2, -0.15) is 0 Å². The number of aromatic amines is 1. The Balaban J connectivity index is 1.27. The van der Waals surface area contributed by atoms with Crippen molar-refractivity contribution < 1.29 is 32.4 Å². The molecule has 4 aliphatic rings. The molecule has 1 aromatic heterocycles. The molecule has 0 spiro atoms. The van der Waals surface area contributed by atoms with E-state index < -0.39 is 80.1 Å². The van der Waals surface area contributed by atoms with Gasteiger partial charge < -0.3 is 31.2 Å². The number of amides is 6. The Morgan fingerprint density at radius 1 is 1.00 bits per heavy atom. The van der Waals surface area contributed by atoms with E-state index in [4.69, 9.17) is 0 Å². The van der Waals surface area contributed by atoms with Crippen molar-refractivity contribution in [3.8, 4) is 0 Å². The van der Waals surface area contributed by atoms with E-state index in [1.165, 1.54) is 4.90 Å². The molecular weight excluding hydrogens is 662 g/mol. The second-order valence-corrected chi connectivity index (χ2v) is 17.1. The highest BCUT2D eigenvalue weighted by Crippen LogP contribution is 2.46. The minimum absolute atomic E-state index is 0.0133. The molecule has 6 amide bonds. The zero-order valence-electron chi connectivity index (χ0n) is 28.7. The number of hydrogen-bond donors (Lipinski definition) is 6. The van der Waals surface area contributed by atoms with Crippen molar-refractivity contribution in [2.24, 2.45) is 5.92 Å². The number of rotatable bonds is 6. The SMILES string of the molecule is CC(C)(C)NC(=O)N[C@H]1CCCCC/C=C\[C@@H]2C[C@@]2(C(=O)NS(=O)(=O)C2CC2)NC(=O)[C@@H]2C[C@@H](NC(=O)c3cc4ccccc4[nH]3)CN2C1=O. The van der Waals surface area contributed by atoms with E-state index in [-0.39, 0.29) is 19.4 Å². The van der Waals surface area contributed by atoms with Crippen molar-refractivity contribution in [3.63, 3.8) is 0 Å². The number of sulfonamides is 1. The monoisotopic (exact) mass is 709 g/mol. The lowest BCUT2D eigenvalue weighted by Gasteiger charge is -2.31. The van der Waals surface area contributed by atoms with E-state index in [2.05, 4.69) is 31.0 Å². The summed E-state index contributed by atoms with van der Waals surface area (Å²) in [5.74, 6) is -2.75. The molecule has 1 aromatic carbocycles. The minimum Gasteiger partial charge on any atom is -0.351 e. The first-order valence-electron chi connectivity index (χ1n) is 17.5. The van der Waals surface area contributed by atoms with Crippen molar-refractivity contribution >= 4 is 50.6 Å². The van der Waals surface area contributed by atoms with E-state index in [0.29, 0.717) is 37.8 Å². The molecule has 270 valence electrons. The van der Waals surface area contributed by atoms with E-state index in [0.717, 1.165) is 23.7 Å². The summed E-state index contributed by atoms with van der Waals surface area (Å²) in [5.41, 5.74) is -0.949. The van der Waals surface area contributed by atoms with Gasteiger partial charge in [0.1, 0.15) is 23.3 Å². The van der Waals surface area contributed by atoms with Crippen LogP contribution in [0, 0.1) is 5.92 Å². The molecule has 50 heavy (non-hydrogen) atoms. The second kappa shape index (κ2) is 13.7. The van der Waals surface area contributed by atoms with Gasteiger partial charge in [0.15, 0.2) is 0 Å². The zero-order chi connectivity index (χ0) is 35.8. The summed E-state index contributed by atoms with van der Waals surface area (Å²) in [6.07, 6.45) is 8.24. The average molecular weight is 710 g/mol. The number of aromatic nitrogens is 1. The molecular formula is C35H47N7O7S. The van der Waals surface area contributed by atoms with Gasteiger partial charge in [-0.1, -0.05) is 43.2 Å². The summed E-state index contributed by atoms with van der Waals surface area (Å²) in [7, 11) is -3.88. The summed E-state index contributed by atoms with van der Waals surface area (Å²) in [6, 6.07) is 5.97. The predicted octanol–water partition coefficient (Wildman–Crippen LogP) is 2.34. The number of carbonyl (C=O) groups is 5. The lowest BCUT2D eigenvalue weighted by atomic mass is 10.0. The van der Waals surface area contributed by atoms with Gasteiger partial charge >= 0.3 is 6.03 Å². The first kappa shape index (κ1) is 35.4. The molecule has 15 heteroatoms. The Morgan fingerprint density at radius 2 is 1.76 bits per heavy atom. The lowest BCUT2D eigenvalue weighted by Crippen LogP contribution is -2.59. The number of nitrogens with zero attached hydrogens (tertiary/aromatic N) is 1. The molecule has 0 radical (unpaired) electrons. The number of para-hydroxylation sites is 1. The van der Waals surface area contributed by atoms with Crippen LogP contribution in [0.4, 0.5) is 4.79 Å². The molecule has 1 saturated heterocycles. The zero-order valence-corrected chi connectivity index (χ0v) is 29.5. The molecule has 3 heterocycles. The highest BCUT2D eigenvalue weighted by molar-refractivity contribution is 7.91. The van der Waals surface area contributed by atoms with E-state index in [9.17, 15) is 32.4 Å². The summed E-state index contributed by atoms with van der Waals surface area (Å²) in [6.45, 7) is 5.46. The molecule has 6 N–H and O–H groups in total. The quantitative estimate of drug-likeness (QED) is 0.247. The van der Waals surface area contributed by atoms with Gasteiger partial charge in [-0.15, -0.1) is 0 Å². The van der Waals surface area contributed by atoms with Crippen LogP contribution < -0.4 is 26.0 Å². The van der Waals surface area contributed by atoms with Crippen molar-refractivity contribution in [1.29, 1.82) is 0 Å². The van der Waals surface area contributed by atoms with Gasteiger partial charge in [-0.25, -0.2) is 13.2 Å². The van der Waals surface area contributed by atoms with Gasteiger partial charge in [0, 0.05) is 34.9 Å². The van der Waals surface area contributed by atoms with Gasteiger partial charge in [-0.3, -0.25) is 23.9 Å². The summed E-state index contributed by atoms with van der Waals surface area (Å²) >= 11 is 0. The average Bonchev–Trinajstić information content (AvgIpc) is 3.92. The number of benzene rings is 1. The summed E-state index contributed by atoms with van der Waals surface area (Å²) in [5, 5.41) is 11.7. The number of H-pyrrole nitrogens is 1. The number of hydrogen-bond acceptors (Lipinski definition) is 7. The molecule has 6 rings (SSSR count). The van der Waals surface area contributed by atoms with Crippen LogP contribution in [0.25, 0.3) is 10.9 Å². The van der Waals surface area contributed by atoms with Crippen LogP contribution in [-0.2, 0) is 24.4 Å². The van der Waals surface area contributed by atoms with Crippen molar-refractivity contribution in [3.05, 3.63) is 48.2 Å². The van der Waals surface area contributed by atoms with Crippen molar-refractivity contribution in [2.75, 3.05) is 6.54 Å². The van der Waals surface area contributed by atoms with E-state index >= 15 is 0 Å². The number of nitrogens with one attached hydrogen (secondary N) is 6. The van der Waals surface area contributed by atoms with Crippen LogP contribution in [-0.4, -0.2) is 89.0 Å². The maximum atomic E-state index is 14.3. The normalized spacial score (nSPS) is 28.3. The second-order valence-electron chi connectivity index (χ2n) is 15.1. The third kappa shape index (κ3) is 7.98. The molecule has 2 aliphatic heterocycles. The van der Waals surface area contributed by atoms with Gasteiger partial charge in [-0.05, 0) is 77.8 Å². The minimum atomic E-state index is -3.88. The first-order chi connectivity index (χ1) is 23.6. The van der Waals surface area contributed by atoms with Gasteiger partial charge in [0.25, 0.3) is 11.8 Å². The molecule has 14 nitrogen and oxygen atoms in total. The first-order valence-corrected chi connectivity index (χ1v) is 19.0. The molecule has 5 atom stereocenters. The molecule has 2 saturated carbocycles. The molecule has 2 aliphatic carbocycles. The lowest BCUT2D eigenvalue weighted by molar-refractivity contribution is -0.141. The van der Waals surface area contributed by atoms with E-state index in [1.807, 2.05) is 57.2 Å². The van der Waals surface area contributed by atoms with Crippen molar-refractivity contribution in [1.82, 2.24) is 35.9 Å². The number of urea groups is 1. The van der Waals surface area contributed by atoms with Crippen LogP contribution >= 0.6 is 0 Å². The highest BCUT2D eigenvalue weighted by atomic mass is 32.2. The van der Waals surface area contributed by atoms with Crippen LogP contribution in [0.15, 0.2) is 42.5 Å². The Kier molecular flexibility index (Phi) is 9.72. The number of carbonyl (C=O) groups excluding carboxylic acids is 5. The molecule has 0 unspecified atom stereocenters. The maximum Gasteiger partial charge on any atom is 0.315 e. The van der Waals surface area contributed by atoms with Crippen molar-refractivity contribution in [2.45, 2.75) is 113 Å². The summed E-state index contributed by atoms with van der Waals surface area (Å²) in [4.78, 5) is 73.0. The fraction of sp³-hybridized carbons (Fsp3) is 0.571. The van der Waals surface area contributed by atoms with Crippen LogP contribution in [0.1, 0.15) is 89.0 Å². The topological polar surface area (TPSA) is 199 Å². The Morgan fingerprint density at radius 3 is 2.48 bits per heavy atom. The summed E-state index contributed by atoms with van der Waals surface area (Å²) < 4.78 is 27.7. The van der Waals surface area contributed by atoms with E-state index in [1.54, 1.807) is 6.07 Å². The molecule has 0 bridgehead atoms. The largest absolute Gasteiger partial charge is 0.351 e. The highest BCUT2D eigenvalue weighted by Gasteiger charge is 2.62. The third-order valence-corrected chi connectivity index (χ3v) is 11.6. The van der Waals surface area contributed by atoms with Gasteiger partial charge in [0.2, 0.25) is 21.8 Å². The maximum absolute atomic E-state index is 14.3. The predicted molar refractivity (Wildman–Crippen MR) is 186 cm³/mol. The molecule has 3 fully saturated rings. The standard InChI is InChI=1S/C35H47N7O7S/c1-34(2,3)40-33(47)38-26-14-8-6-4-5-7-12-22-19-35(22,32(46)41-50(48,49)24-15-16-24)39-30(44)28-18-23(20-42(28)31(26)45)36-29(43)27-17-21-11-9-10-13-25(21)37-27/h7,9-13,17,22-24,26,28,37H,4-6,8,14-16,18-20H2,1-3H3,(H,36,43)(H,39,44)(H,41,46)(H2,38,40,47)/b12-7-/t22-,23-,26+,28+,35-/m1/s1. The van der Waals surface area contributed by atoms with Crippen LogP contribution in [0.2, 0.25) is 0 Å². The number of fused-ring (bicyclic) bond motifs is 3. The Bertz CT molecular complexity index is 1780. The number of allylic oxidation sites excluding steroid dienone is 1. The van der Waals surface area contributed by atoms with Gasteiger partial charge in [0.05, 0.1) is 5.25 Å².